The molecule has 3 rings (SSSR count). The lowest BCUT2D eigenvalue weighted by molar-refractivity contribution is 0.126. The zero-order valence-electron chi connectivity index (χ0n) is 12.0. The first-order valence-corrected chi connectivity index (χ1v) is 7.20. The summed E-state index contributed by atoms with van der Waals surface area (Å²) in [7, 11) is 0. The van der Waals surface area contributed by atoms with Crippen molar-refractivity contribution in [3.63, 3.8) is 0 Å². The quantitative estimate of drug-likeness (QED) is 0.691. The number of benzene rings is 1. The first kappa shape index (κ1) is 15.7. The van der Waals surface area contributed by atoms with Gasteiger partial charge in [-0.05, 0) is 18.5 Å². The predicted molar refractivity (Wildman–Crippen MR) is 74.9 cm³/mol. The Morgan fingerprint density at radius 3 is 2.43 bits per heavy atom. The van der Waals surface area contributed by atoms with Gasteiger partial charge in [-0.1, -0.05) is 30.3 Å². The van der Waals surface area contributed by atoms with Crippen molar-refractivity contribution in [1.29, 1.82) is 0 Å². The third kappa shape index (κ3) is 3.14. The molecule has 1 aliphatic rings. The molecule has 1 saturated heterocycles. The van der Waals surface area contributed by atoms with Crippen LogP contribution >= 0.6 is 0 Å². The molecule has 0 aliphatic carbocycles. The van der Waals surface area contributed by atoms with Gasteiger partial charge in [0.25, 0.3) is 11.8 Å². The summed E-state index contributed by atoms with van der Waals surface area (Å²) in [5.74, 6) is -8.12. The van der Waals surface area contributed by atoms with E-state index >= 15 is 0 Å². The Labute approximate surface area is 130 Å². The van der Waals surface area contributed by atoms with Crippen LogP contribution in [0.4, 0.5) is 17.6 Å². The predicted octanol–water partition coefficient (Wildman–Crippen LogP) is 3.37. The van der Waals surface area contributed by atoms with Crippen LogP contribution in [-0.2, 0) is 0 Å². The second-order valence-corrected chi connectivity index (χ2v) is 5.35. The molecule has 2 heterocycles. The summed E-state index contributed by atoms with van der Waals surface area (Å²) < 4.78 is 58.9. The number of ether oxygens (including phenoxy) is 1. The van der Waals surface area contributed by atoms with Gasteiger partial charge in [-0.2, -0.15) is 18.2 Å². The number of hydrogen-bond donors (Lipinski definition) is 1. The highest BCUT2D eigenvalue weighted by atomic mass is 19.2. The summed E-state index contributed by atoms with van der Waals surface area (Å²) in [5.41, 5.74) is 0.729. The Bertz CT molecular complexity index is 690. The number of hydrogen-bond acceptors (Lipinski definition) is 3. The third-order valence-corrected chi connectivity index (χ3v) is 3.85. The van der Waals surface area contributed by atoms with E-state index in [4.69, 9.17) is 4.74 Å². The van der Waals surface area contributed by atoms with Crippen LogP contribution in [-0.4, -0.2) is 18.1 Å². The highest BCUT2D eigenvalue weighted by molar-refractivity contribution is 5.23. The average molecular weight is 326 g/mol. The van der Waals surface area contributed by atoms with Gasteiger partial charge >= 0.3 is 0 Å². The minimum atomic E-state index is -1.95. The van der Waals surface area contributed by atoms with Crippen molar-refractivity contribution in [1.82, 2.24) is 10.3 Å². The monoisotopic (exact) mass is 326 g/mol. The molecule has 7 heteroatoms. The second-order valence-electron chi connectivity index (χ2n) is 5.35. The van der Waals surface area contributed by atoms with E-state index in [1.807, 2.05) is 6.07 Å². The zero-order chi connectivity index (χ0) is 16.4. The third-order valence-electron chi connectivity index (χ3n) is 3.85. The van der Waals surface area contributed by atoms with Crippen molar-refractivity contribution in [3.8, 4) is 5.88 Å². The van der Waals surface area contributed by atoms with E-state index in [-0.39, 0.29) is 5.92 Å². The Balaban J connectivity index is 1.96. The normalized spacial score (nSPS) is 18.9. The Kier molecular flexibility index (Phi) is 4.47. The molecule has 2 atom stereocenters. The Morgan fingerprint density at radius 2 is 1.78 bits per heavy atom. The maximum Gasteiger partial charge on any atom is 0.257 e. The summed E-state index contributed by atoms with van der Waals surface area (Å²) in [6.07, 6.45) is 0.116. The molecule has 0 saturated carbocycles. The smallest absolute Gasteiger partial charge is 0.257 e. The highest BCUT2D eigenvalue weighted by Gasteiger charge is 2.31. The largest absolute Gasteiger partial charge is 0.467 e. The van der Waals surface area contributed by atoms with Crippen LogP contribution in [0, 0.1) is 29.3 Å². The van der Waals surface area contributed by atoms with Crippen LogP contribution in [0.3, 0.4) is 0 Å². The second kappa shape index (κ2) is 6.54. The van der Waals surface area contributed by atoms with Crippen molar-refractivity contribution in [2.24, 2.45) is 5.92 Å². The van der Waals surface area contributed by atoms with Gasteiger partial charge in [0.2, 0.25) is 17.5 Å². The lowest BCUT2D eigenvalue weighted by Gasteiger charge is -2.24. The van der Waals surface area contributed by atoms with Crippen molar-refractivity contribution >= 4 is 0 Å². The van der Waals surface area contributed by atoms with Crippen LogP contribution in [0.25, 0.3) is 0 Å². The minimum Gasteiger partial charge on any atom is -0.467 e. The summed E-state index contributed by atoms with van der Waals surface area (Å²) >= 11 is 0. The van der Waals surface area contributed by atoms with E-state index in [1.165, 1.54) is 0 Å². The highest BCUT2D eigenvalue weighted by Crippen LogP contribution is 2.33. The molecule has 23 heavy (non-hydrogen) atoms. The van der Waals surface area contributed by atoms with Gasteiger partial charge in [0.05, 0.1) is 0 Å². The Morgan fingerprint density at radius 1 is 1.04 bits per heavy atom. The van der Waals surface area contributed by atoms with Crippen LogP contribution in [0.15, 0.2) is 30.3 Å². The summed E-state index contributed by atoms with van der Waals surface area (Å²) in [5, 5.41) is 3.15. The Hall–Kier alpha value is -2.15. The molecule has 0 unspecified atom stereocenters. The molecule has 1 aromatic heterocycles. The summed E-state index contributed by atoms with van der Waals surface area (Å²) in [4.78, 5) is 3.07. The number of nitrogens with one attached hydrogen (secondary N) is 1. The fourth-order valence-corrected chi connectivity index (χ4v) is 2.68. The lowest BCUT2D eigenvalue weighted by atomic mass is 9.95. The van der Waals surface area contributed by atoms with Gasteiger partial charge in [0, 0.05) is 12.5 Å². The van der Waals surface area contributed by atoms with Crippen molar-refractivity contribution in [3.05, 3.63) is 59.3 Å². The molecular weight excluding hydrogens is 312 g/mol. The van der Waals surface area contributed by atoms with E-state index in [2.05, 4.69) is 10.3 Å². The molecule has 0 radical (unpaired) electrons. The molecule has 0 amide bonds. The molecule has 1 aromatic carbocycles. The van der Waals surface area contributed by atoms with Gasteiger partial charge in [-0.3, -0.25) is 0 Å². The van der Waals surface area contributed by atoms with Crippen molar-refractivity contribution in [2.75, 3.05) is 13.1 Å². The fraction of sp³-hybridized carbons (Fsp3) is 0.312. The first-order valence-electron chi connectivity index (χ1n) is 7.20. The molecule has 0 bridgehead atoms. The fourth-order valence-electron chi connectivity index (χ4n) is 2.68. The molecule has 122 valence electrons. The van der Waals surface area contributed by atoms with Crippen LogP contribution in [0.2, 0.25) is 0 Å². The van der Waals surface area contributed by atoms with Gasteiger partial charge in [0.1, 0.15) is 6.10 Å². The number of nitrogens with zero attached hydrogens (tertiary/aromatic N) is 1. The van der Waals surface area contributed by atoms with Gasteiger partial charge in [0.15, 0.2) is 0 Å². The first-order chi connectivity index (χ1) is 11.1. The minimum absolute atomic E-state index is 0.0187. The van der Waals surface area contributed by atoms with E-state index in [0.717, 1.165) is 18.5 Å². The van der Waals surface area contributed by atoms with Crippen LogP contribution in [0.5, 0.6) is 5.88 Å². The molecular formula is C16H14F4N2O. The number of rotatable bonds is 4. The van der Waals surface area contributed by atoms with Gasteiger partial charge < -0.3 is 10.1 Å². The SMILES string of the molecule is Fc1nc(O[C@@H](c2ccccc2)[C@H]2CCNC2)c(F)c(F)c1F. The summed E-state index contributed by atoms with van der Waals surface area (Å²) in [6.45, 7) is 1.38. The maximum atomic E-state index is 13.8. The van der Waals surface area contributed by atoms with Crippen LogP contribution < -0.4 is 10.1 Å². The van der Waals surface area contributed by atoms with Gasteiger partial charge in [-0.25, -0.2) is 4.39 Å². The molecule has 1 aliphatic heterocycles. The molecule has 2 aromatic rings. The van der Waals surface area contributed by atoms with E-state index in [1.54, 1.807) is 24.3 Å². The van der Waals surface area contributed by atoms with E-state index in [0.29, 0.717) is 6.54 Å². The van der Waals surface area contributed by atoms with E-state index in [9.17, 15) is 17.6 Å². The average Bonchev–Trinajstić information content (AvgIpc) is 3.10. The summed E-state index contributed by atoms with van der Waals surface area (Å²) in [6, 6.07) is 8.92. The van der Waals surface area contributed by atoms with E-state index < -0.39 is 35.4 Å². The van der Waals surface area contributed by atoms with Crippen LogP contribution in [0.1, 0.15) is 18.1 Å². The number of aromatic nitrogens is 1. The molecule has 0 spiro atoms. The van der Waals surface area contributed by atoms with Crippen molar-refractivity contribution < 1.29 is 22.3 Å². The standard InChI is InChI=1S/C16H14F4N2O/c17-11-12(18)15(20)22-16(13(11)19)23-14(10-6-7-21-8-10)9-4-2-1-3-5-9/h1-5,10,14,21H,6-8H2/t10-,14-/m0/s1. The maximum absolute atomic E-state index is 13.8. The van der Waals surface area contributed by atoms with Gasteiger partial charge in [-0.15, -0.1) is 0 Å². The topological polar surface area (TPSA) is 34.1 Å². The number of pyridine rings is 1. The van der Waals surface area contributed by atoms with Crippen molar-refractivity contribution in [2.45, 2.75) is 12.5 Å². The molecule has 3 nitrogen and oxygen atoms in total. The molecule has 1 fully saturated rings. The lowest BCUT2D eigenvalue weighted by Crippen LogP contribution is -2.22. The number of halogens is 4. The molecule has 1 N–H and O–H groups in total. The zero-order valence-corrected chi connectivity index (χ0v) is 12.0.